The van der Waals surface area contributed by atoms with Gasteiger partial charge >= 0.3 is 0 Å². The summed E-state index contributed by atoms with van der Waals surface area (Å²) in [6.07, 6.45) is 0. The zero-order valence-corrected chi connectivity index (χ0v) is 12.2. The Bertz CT molecular complexity index is 509. The number of aryl methyl sites for hydroxylation is 1. The van der Waals surface area contributed by atoms with Gasteiger partial charge in [0, 0.05) is 18.2 Å². The Balaban J connectivity index is 3.23. The summed E-state index contributed by atoms with van der Waals surface area (Å²) in [7, 11) is 0. The topological polar surface area (TPSA) is 46.3 Å². The highest BCUT2D eigenvalue weighted by molar-refractivity contribution is 5.97. The molecule has 0 aromatic heterocycles. The van der Waals surface area contributed by atoms with Crippen LogP contribution in [0, 0.1) is 18.8 Å². The predicted octanol–water partition coefficient (Wildman–Crippen LogP) is 2.18. The number of benzene rings is 1. The molecule has 3 heteroatoms. The van der Waals surface area contributed by atoms with Gasteiger partial charge < -0.3 is 10.6 Å². The average Bonchev–Trinajstić information content (AvgIpc) is 2.37. The van der Waals surface area contributed by atoms with E-state index in [0.29, 0.717) is 18.7 Å². The molecule has 1 rings (SSSR count). The van der Waals surface area contributed by atoms with E-state index in [1.807, 2.05) is 50.8 Å². The highest BCUT2D eigenvalue weighted by Crippen LogP contribution is 2.15. The van der Waals surface area contributed by atoms with Crippen molar-refractivity contribution in [1.29, 1.82) is 0 Å². The lowest BCUT2D eigenvalue weighted by molar-refractivity contribution is 0.0716. The molecule has 102 valence electrons. The maximum atomic E-state index is 12.6. The third kappa shape index (κ3) is 3.84. The fraction of sp³-hybridized carbons (Fsp3) is 0.438. The standard InChI is InChI=1S/C16H22N2O/c1-5-18(12(2)3)16(19)15-11-13(4)8-9-14(15)7-6-10-17/h8-9,11-12H,5,10,17H2,1-4H3. The van der Waals surface area contributed by atoms with Crippen molar-refractivity contribution >= 4 is 5.91 Å². The van der Waals surface area contributed by atoms with Gasteiger partial charge in [-0.3, -0.25) is 4.79 Å². The van der Waals surface area contributed by atoms with Gasteiger partial charge in [0.25, 0.3) is 5.91 Å². The Kier molecular flexibility index (Phi) is 5.59. The van der Waals surface area contributed by atoms with Crippen LogP contribution in [0.1, 0.15) is 42.3 Å². The molecule has 0 unspecified atom stereocenters. The highest BCUT2D eigenvalue weighted by Gasteiger charge is 2.19. The van der Waals surface area contributed by atoms with Gasteiger partial charge in [-0.25, -0.2) is 0 Å². The zero-order valence-electron chi connectivity index (χ0n) is 12.2. The molecular formula is C16H22N2O. The minimum Gasteiger partial charge on any atom is -0.336 e. The summed E-state index contributed by atoms with van der Waals surface area (Å²) < 4.78 is 0. The number of rotatable bonds is 3. The smallest absolute Gasteiger partial charge is 0.255 e. The number of nitrogens with two attached hydrogens (primary N) is 1. The molecule has 0 aliphatic rings. The van der Waals surface area contributed by atoms with Gasteiger partial charge in [0.1, 0.15) is 0 Å². The molecule has 0 bridgehead atoms. The molecule has 19 heavy (non-hydrogen) atoms. The second-order valence-electron chi connectivity index (χ2n) is 4.74. The molecule has 0 heterocycles. The van der Waals surface area contributed by atoms with Crippen molar-refractivity contribution in [3.05, 3.63) is 34.9 Å². The Morgan fingerprint density at radius 3 is 2.63 bits per heavy atom. The lowest BCUT2D eigenvalue weighted by Gasteiger charge is -2.25. The van der Waals surface area contributed by atoms with Crippen LogP contribution < -0.4 is 5.73 Å². The normalized spacial score (nSPS) is 10.0. The molecule has 0 saturated carbocycles. The van der Waals surface area contributed by atoms with E-state index < -0.39 is 0 Å². The molecule has 2 N–H and O–H groups in total. The Morgan fingerprint density at radius 2 is 2.11 bits per heavy atom. The lowest BCUT2D eigenvalue weighted by Crippen LogP contribution is -2.37. The maximum absolute atomic E-state index is 12.6. The molecule has 0 aliphatic heterocycles. The quantitative estimate of drug-likeness (QED) is 0.845. The van der Waals surface area contributed by atoms with Gasteiger partial charge in [0.15, 0.2) is 0 Å². The number of amides is 1. The largest absolute Gasteiger partial charge is 0.336 e. The molecule has 0 fully saturated rings. The first-order valence-corrected chi connectivity index (χ1v) is 6.61. The first-order chi connectivity index (χ1) is 9.01. The van der Waals surface area contributed by atoms with Crippen molar-refractivity contribution in [2.45, 2.75) is 33.7 Å². The number of hydrogen-bond acceptors (Lipinski definition) is 2. The van der Waals surface area contributed by atoms with Gasteiger partial charge in [-0.2, -0.15) is 0 Å². The van der Waals surface area contributed by atoms with E-state index in [1.54, 1.807) is 0 Å². The van der Waals surface area contributed by atoms with Gasteiger partial charge in [0.2, 0.25) is 0 Å². The van der Waals surface area contributed by atoms with E-state index >= 15 is 0 Å². The van der Waals surface area contributed by atoms with Crippen LogP contribution in [0.5, 0.6) is 0 Å². The third-order valence-corrected chi connectivity index (χ3v) is 2.96. The van der Waals surface area contributed by atoms with Crippen molar-refractivity contribution < 1.29 is 4.79 Å². The van der Waals surface area contributed by atoms with Crippen LogP contribution in [0.25, 0.3) is 0 Å². The molecule has 0 aliphatic carbocycles. The lowest BCUT2D eigenvalue weighted by atomic mass is 10.0. The Labute approximate surface area is 115 Å². The SMILES string of the molecule is CCN(C(=O)c1cc(C)ccc1C#CCN)C(C)C. The van der Waals surface area contributed by atoms with Gasteiger partial charge in [0.05, 0.1) is 12.1 Å². The number of carbonyl (C=O) groups is 1. The molecule has 1 amide bonds. The van der Waals surface area contributed by atoms with Crippen molar-refractivity contribution in [2.24, 2.45) is 5.73 Å². The second kappa shape index (κ2) is 6.96. The van der Waals surface area contributed by atoms with Crippen LogP contribution in [0.4, 0.5) is 0 Å². The van der Waals surface area contributed by atoms with Crippen molar-refractivity contribution in [3.8, 4) is 11.8 Å². The summed E-state index contributed by atoms with van der Waals surface area (Å²) in [5.41, 5.74) is 7.87. The third-order valence-electron chi connectivity index (χ3n) is 2.96. The fourth-order valence-electron chi connectivity index (χ4n) is 1.99. The summed E-state index contributed by atoms with van der Waals surface area (Å²) >= 11 is 0. The van der Waals surface area contributed by atoms with E-state index in [1.165, 1.54) is 0 Å². The Morgan fingerprint density at radius 1 is 1.42 bits per heavy atom. The number of nitrogens with zero attached hydrogens (tertiary/aromatic N) is 1. The molecule has 3 nitrogen and oxygen atoms in total. The van der Waals surface area contributed by atoms with Crippen molar-refractivity contribution in [2.75, 3.05) is 13.1 Å². The van der Waals surface area contributed by atoms with Crippen LogP contribution in [-0.2, 0) is 0 Å². The Hall–Kier alpha value is -1.79. The minimum absolute atomic E-state index is 0.0301. The zero-order chi connectivity index (χ0) is 14.4. The van der Waals surface area contributed by atoms with Crippen molar-refractivity contribution in [3.63, 3.8) is 0 Å². The summed E-state index contributed by atoms with van der Waals surface area (Å²) in [5, 5.41) is 0. The van der Waals surface area contributed by atoms with Crippen LogP contribution in [0.2, 0.25) is 0 Å². The van der Waals surface area contributed by atoms with E-state index in [4.69, 9.17) is 5.73 Å². The van der Waals surface area contributed by atoms with Crippen molar-refractivity contribution in [1.82, 2.24) is 4.90 Å². The van der Waals surface area contributed by atoms with Crippen LogP contribution in [0.3, 0.4) is 0 Å². The highest BCUT2D eigenvalue weighted by atomic mass is 16.2. The van der Waals surface area contributed by atoms with E-state index in [9.17, 15) is 4.79 Å². The van der Waals surface area contributed by atoms with E-state index in [0.717, 1.165) is 11.1 Å². The predicted molar refractivity (Wildman–Crippen MR) is 79.0 cm³/mol. The number of carbonyl (C=O) groups excluding carboxylic acids is 1. The molecule has 0 radical (unpaired) electrons. The summed E-state index contributed by atoms with van der Waals surface area (Å²) in [6, 6.07) is 5.92. The van der Waals surface area contributed by atoms with Crippen LogP contribution in [-0.4, -0.2) is 29.9 Å². The average molecular weight is 258 g/mol. The molecule has 0 saturated heterocycles. The van der Waals surface area contributed by atoms with Gasteiger partial charge in [-0.15, -0.1) is 0 Å². The first kappa shape index (κ1) is 15.3. The molecular weight excluding hydrogens is 236 g/mol. The van der Waals surface area contributed by atoms with Crippen LogP contribution >= 0.6 is 0 Å². The fourth-order valence-corrected chi connectivity index (χ4v) is 1.99. The van der Waals surface area contributed by atoms with Crippen LogP contribution in [0.15, 0.2) is 18.2 Å². The van der Waals surface area contributed by atoms with Gasteiger partial charge in [-0.05, 0) is 39.8 Å². The summed E-state index contributed by atoms with van der Waals surface area (Å²) in [4.78, 5) is 14.4. The maximum Gasteiger partial charge on any atom is 0.255 e. The second-order valence-corrected chi connectivity index (χ2v) is 4.74. The minimum atomic E-state index is 0.0301. The van der Waals surface area contributed by atoms with E-state index in [-0.39, 0.29) is 11.9 Å². The molecule has 0 spiro atoms. The molecule has 1 aromatic rings. The summed E-state index contributed by atoms with van der Waals surface area (Å²) in [5.74, 6) is 5.82. The monoisotopic (exact) mass is 258 g/mol. The molecule has 1 aromatic carbocycles. The summed E-state index contributed by atoms with van der Waals surface area (Å²) in [6.45, 7) is 8.98. The van der Waals surface area contributed by atoms with Gasteiger partial charge in [-0.1, -0.05) is 23.5 Å². The number of hydrogen-bond donors (Lipinski definition) is 1. The first-order valence-electron chi connectivity index (χ1n) is 6.61. The van der Waals surface area contributed by atoms with E-state index in [2.05, 4.69) is 11.8 Å². The molecule has 0 atom stereocenters.